The van der Waals surface area contributed by atoms with Crippen LogP contribution in [0.4, 0.5) is 0 Å². The van der Waals surface area contributed by atoms with Crippen LogP contribution < -0.4 is 5.32 Å². The Morgan fingerprint density at radius 2 is 2.05 bits per heavy atom. The first kappa shape index (κ1) is 14.6. The fourth-order valence-corrected chi connectivity index (χ4v) is 3.87. The topological polar surface area (TPSA) is 61.7 Å². The molecule has 1 aliphatic heterocycles. The van der Waals surface area contributed by atoms with Gasteiger partial charge in [-0.2, -0.15) is 0 Å². The number of nitrogens with zero attached hydrogens (tertiary/aromatic N) is 1. The van der Waals surface area contributed by atoms with Gasteiger partial charge in [-0.3, -0.25) is 9.79 Å². The second kappa shape index (κ2) is 6.20. The number of carbonyl (C=O) groups excluding carboxylic acids is 1. The number of nitrogens with one attached hydrogen (secondary N) is 1. The largest absolute Gasteiger partial charge is 0.388 e. The summed E-state index contributed by atoms with van der Waals surface area (Å²) in [6.07, 6.45) is 3.65. The summed E-state index contributed by atoms with van der Waals surface area (Å²) in [5.74, 6) is 0.600. The highest BCUT2D eigenvalue weighted by atomic mass is 32.2. The van der Waals surface area contributed by atoms with Gasteiger partial charge in [0.15, 0.2) is 0 Å². The van der Waals surface area contributed by atoms with Crippen LogP contribution in [0.3, 0.4) is 0 Å². The van der Waals surface area contributed by atoms with Gasteiger partial charge in [0.2, 0.25) is 5.91 Å². The minimum atomic E-state index is -0.701. The fourth-order valence-electron chi connectivity index (χ4n) is 2.83. The summed E-state index contributed by atoms with van der Waals surface area (Å²) in [6.45, 7) is 0.350. The van der Waals surface area contributed by atoms with Crippen molar-refractivity contribution in [2.45, 2.75) is 37.3 Å². The Bertz CT molecular complexity index is 538. The lowest BCUT2D eigenvalue weighted by molar-refractivity contribution is -0.123. The van der Waals surface area contributed by atoms with Crippen molar-refractivity contribution in [3.63, 3.8) is 0 Å². The third kappa shape index (κ3) is 3.47. The quantitative estimate of drug-likeness (QED) is 0.894. The Labute approximate surface area is 129 Å². The van der Waals surface area contributed by atoms with E-state index in [1.807, 2.05) is 30.3 Å². The third-order valence-electron chi connectivity index (χ3n) is 4.10. The monoisotopic (exact) mass is 304 g/mol. The van der Waals surface area contributed by atoms with Crippen LogP contribution in [0.1, 0.15) is 31.2 Å². The highest BCUT2D eigenvalue weighted by molar-refractivity contribution is 8.14. The number of benzene rings is 1. The summed E-state index contributed by atoms with van der Waals surface area (Å²) in [7, 11) is 0. The van der Waals surface area contributed by atoms with Crippen molar-refractivity contribution < 1.29 is 9.90 Å². The summed E-state index contributed by atoms with van der Waals surface area (Å²) in [4.78, 5) is 16.7. The second-order valence-electron chi connectivity index (χ2n) is 5.78. The number of rotatable bonds is 4. The number of hydrogen-bond acceptors (Lipinski definition) is 4. The van der Waals surface area contributed by atoms with Gasteiger partial charge >= 0.3 is 0 Å². The molecular formula is C16H20N2O2S. The minimum Gasteiger partial charge on any atom is -0.388 e. The molecule has 2 aliphatic rings. The number of carbonyl (C=O) groups is 1. The molecule has 0 radical (unpaired) electrons. The standard InChI is InChI=1S/C16H20N2O2S/c19-14(17-11-16(20)8-4-5-9-16)13-10-21-15(18-13)12-6-2-1-3-7-12/h1-3,6-7,13,20H,4-5,8-11H2,(H,17,19). The molecule has 1 unspecified atom stereocenters. The summed E-state index contributed by atoms with van der Waals surface area (Å²) in [6, 6.07) is 9.59. The predicted octanol–water partition coefficient (Wildman–Crippen LogP) is 1.97. The van der Waals surface area contributed by atoms with Crippen LogP contribution in [0.25, 0.3) is 0 Å². The molecule has 1 saturated carbocycles. The van der Waals surface area contributed by atoms with Crippen molar-refractivity contribution in [1.29, 1.82) is 0 Å². The zero-order valence-corrected chi connectivity index (χ0v) is 12.7. The van der Waals surface area contributed by atoms with E-state index in [0.717, 1.165) is 36.3 Å². The van der Waals surface area contributed by atoms with Crippen molar-refractivity contribution in [3.8, 4) is 0 Å². The van der Waals surface area contributed by atoms with Gasteiger partial charge in [-0.05, 0) is 12.8 Å². The second-order valence-corrected chi connectivity index (χ2v) is 6.79. The van der Waals surface area contributed by atoms with Crippen LogP contribution in [-0.2, 0) is 4.79 Å². The molecule has 5 heteroatoms. The molecule has 1 fully saturated rings. The molecule has 0 saturated heterocycles. The van der Waals surface area contributed by atoms with Gasteiger partial charge in [0.05, 0.1) is 10.6 Å². The lowest BCUT2D eigenvalue weighted by Gasteiger charge is -2.22. The Balaban J connectivity index is 1.58. The first-order valence-corrected chi connectivity index (χ1v) is 8.41. The number of aliphatic imine (C=N–C) groups is 1. The number of amides is 1. The maximum atomic E-state index is 12.2. The molecule has 0 bridgehead atoms. The maximum absolute atomic E-state index is 12.2. The van der Waals surface area contributed by atoms with E-state index in [9.17, 15) is 9.90 Å². The van der Waals surface area contributed by atoms with Crippen molar-refractivity contribution in [3.05, 3.63) is 35.9 Å². The number of aliphatic hydroxyl groups is 1. The molecule has 1 atom stereocenters. The predicted molar refractivity (Wildman–Crippen MR) is 85.7 cm³/mol. The molecule has 2 N–H and O–H groups in total. The van der Waals surface area contributed by atoms with Crippen LogP contribution in [0.5, 0.6) is 0 Å². The molecule has 21 heavy (non-hydrogen) atoms. The Morgan fingerprint density at radius 3 is 2.76 bits per heavy atom. The van der Waals surface area contributed by atoms with Crippen LogP contribution in [0, 0.1) is 0 Å². The van der Waals surface area contributed by atoms with Gasteiger partial charge in [-0.25, -0.2) is 0 Å². The van der Waals surface area contributed by atoms with E-state index in [-0.39, 0.29) is 11.9 Å². The van der Waals surface area contributed by atoms with Crippen molar-refractivity contribution in [2.75, 3.05) is 12.3 Å². The first-order chi connectivity index (χ1) is 10.2. The van der Waals surface area contributed by atoms with Gasteiger partial charge in [0, 0.05) is 17.9 Å². The van der Waals surface area contributed by atoms with Crippen LogP contribution >= 0.6 is 11.8 Å². The number of thioether (sulfide) groups is 1. The average Bonchev–Trinajstić information content (AvgIpc) is 3.16. The van der Waals surface area contributed by atoms with Crippen LogP contribution in [0.2, 0.25) is 0 Å². The Kier molecular flexibility index (Phi) is 4.31. The SMILES string of the molecule is O=C(NCC1(O)CCCC1)C1CSC(c2ccccc2)=N1. The van der Waals surface area contributed by atoms with Gasteiger partial charge in [-0.1, -0.05) is 43.2 Å². The van der Waals surface area contributed by atoms with E-state index in [1.54, 1.807) is 11.8 Å². The zero-order valence-electron chi connectivity index (χ0n) is 11.9. The lowest BCUT2D eigenvalue weighted by atomic mass is 10.0. The minimum absolute atomic E-state index is 0.0752. The van der Waals surface area contributed by atoms with Gasteiger partial charge in [0.1, 0.15) is 6.04 Å². The summed E-state index contributed by atoms with van der Waals surface area (Å²) >= 11 is 1.62. The Hall–Kier alpha value is -1.33. The molecule has 1 amide bonds. The molecule has 112 valence electrons. The molecule has 3 rings (SSSR count). The van der Waals surface area contributed by atoms with Crippen molar-refractivity contribution >= 4 is 22.7 Å². The lowest BCUT2D eigenvalue weighted by Crippen LogP contribution is -2.44. The molecule has 4 nitrogen and oxygen atoms in total. The third-order valence-corrected chi connectivity index (χ3v) is 5.20. The molecule has 0 aromatic heterocycles. The van der Waals surface area contributed by atoms with E-state index >= 15 is 0 Å². The molecule has 1 heterocycles. The molecule has 1 aliphatic carbocycles. The summed E-state index contributed by atoms with van der Waals surface area (Å²) in [5.41, 5.74) is 0.361. The zero-order chi connectivity index (χ0) is 14.7. The number of hydrogen-bond donors (Lipinski definition) is 2. The average molecular weight is 304 g/mol. The van der Waals surface area contributed by atoms with E-state index in [0.29, 0.717) is 12.3 Å². The first-order valence-electron chi connectivity index (χ1n) is 7.42. The maximum Gasteiger partial charge on any atom is 0.245 e. The normalized spacial score (nSPS) is 23.9. The van der Waals surface area contributed by atoms with E-state index < -0.39 is 5.60 Å². The van der Waals surface area contributed by atoms with Crippen molar-refractivity contribution in [1.82, 2.24) is 5.32 Å². The van der Waals surface area contributed by atoms with E-state index in [1.165, 1.54) is 0 Å². The molecule has 1 aromatic rings. The van der Waals surface area contributed by atoms with Crippen LogP contribution in [-0.4, -0.2) is 40.0 Å². The Morgan fingerprint density at radius 1 is 1.33 bits per heavy atom. The van der Waals surface area contributed by atoms with Gasteiger partial charge < -0.3 is 10.4 Å². The summed E-state index contributed by atoms with van der Waals surface area (Å²) in [5, 5.41) is 14.1. The van der Waals surface area contributed by atoms with Crippen molar-refractivity contribution in [2.24, 2.45) is 4.99 Å². The highest BCUT2D eigenvalue weighted by Gasteiger charge is 2.33. The highest BCUT2D eigenvalue weighted by Crippen LogP contribution is 2.29. The van der Waals surface area contributed by atoms with Gasteiger partial charge in [-0.15, -0.1) is 11.8 Å². The van der Waals surface area contributed by atoms with E-state index in [4.69, 9.17) is 0 Å². The fraction of sp³-hybridized carbons (Fsp3) is 0.500. The van der Waals surface area contributed by atoms with E-state index in [2.05, 4.69) is 10.3 Å². The van der Waals surface area contributed by atoms with Crippen LogP contribution in [0.15, 0.2) is 35.3 Å². The summed E-state index contributed by atoms with van der Waals surface area (Å²) < 4.78 is 0. The molecule has 1 aromatic carbocycles. The smallest absolute Gasteiger partial charge is 0.245 e. The molecular weight excluding hydrogens is 284 g/mol. The van der Waals surface area contributed by atoms with Gasteiger partial charge in [0.25, 0.3) is 0 Å². The molecule has 0 spiro atoms.